The Labute approximate surface area is 214 Å². The summed E-state index contributed by atoms with van der Waals surface area (Å²) >= 11 is 0. The van der Waals surface area contributed by atoms with E-state index >= 15 is 0 Å². The molecule has 5 nitrogen and oxygen atoms in total. The lowest BCUT2D eigenvalue weighted by atomic mass is 9.88. The summed E-state index contributed by atoms with van der Waals surface area (Å²) in [6, 6.07) is 24.6. The van der Waals surface area contributed by atoms with Crippen LogP contribution >= 0.6 is 0 Å². The molecule has 0 spiro atoms. The molecule has 1 N–H and O–H groups in total. The first-order chi connectivity index (χ1) is 17.6. The van der Waals surface area contributed by atoms with Gasteiger partial charge in [0.05, 0.1) is 13.2 Å². The summed E-state index contributed by atoms with van der Waals surface area (Å²) in [5, 5.41) is 3.58. The van der Waals surface area contributed by atoms with Gasteiger partial charge in [-0.25, -0.2) is 0 Å². The fourth-order valence-electron chi connectivity index (χ4n) is 5.53. The molecule has 1 saturated heterocycles. The van der Waals surface area contributed by atoms with E-state index in [1.165, 1.54) is 29.5 Å². The third-order valence-electron chi connectivity index (χ3n) is 7.58. The molecule has 1 fully saturated rings. The Morgan fingerprint density at radius 1 is 1.03 bits per heavy atom. The molecule has 0 aromatic heterocycles. The number of piperidine rings is 1. The topological polar surface area (TPSA) is 50.8 Å². The van der Waals surface area contributed by atoms with Crippen LogP contribution in [0.2, 0.25) is 0 Å². The normalized spacial score (nSPS) is 20.3. The van der Waals surface area contributed by atoms with E-state index in [1.54, 1.807) is 7.11 Å². The molecule has 0 saturated carbocycles. The Hall–Kier alpha value is -3.31. The minimum Gasteiger partial charge on any atom is -0.497 e. The monoisotopic (exact) mass is 484 g/mol. The number of fused-ring (bicyclic) bond motifs is 1. The number of amides is 1. The van der Waals surface area contributed by atoms with Crippen molar-refractivity contribution in [2.75, 3.05) is 20.2 Å². The number of carbonyl (C=O) groups excluding carboxylic acids is 1. The summed E-state index contributed by atoms with van der Waals surface area (Å²) in [5.74, 6) is 1.83. The van der Waals surface area contributed by atoms with Crippen LogP contribution in [-0.4, -0.2) is 43.2 Å². The van der Waals surface area contributed by atoms with Crippen LogP contribution in [0.1, 0.15) is 59.3 Å². The van der Waals surface area contributed by atoms with Crippen molar-refractivity contribution in [2.24, 2.45) is 0 Å². The zero-order valence-corrected chi connectivity index (χ0v) is 21.3. The maximum absolute atomic E-state index is 13.5. The van der Waals surface area contributed by atoms with Crippen LogP contribution in [-0.2, 0) is 12.8 Å². The van der Waals surface area contributed by atoms with Crippen molar-refractivity contribution in [3.8, 4) is 11.5 Å². The van der Waals surface area contributed by atoms with E-state index in [0.29, 0.717) is 12.6 Å². The maximum Gasteiger partial charge on any atom is 0.254 e. The second-order valence-corrected chi connectivity index (χ2v) is 9.92. The van der Waals surface area contributed by atoms with Gasteiger partial charge in [0.25, 0.3) is 5.91 Å². The molecule has 3 atom stereocenters. The van der Waals surface area contributed by atoms with Crippen molar-refractivity contribution in [3.05, 3.63) is 95.1 Å². The summed E-state index contributed by atoms with van der Waals surface area (Å²) < 4.78 is 11.7. The third-order valence-corrected chi connectivity index (χ3v) is 7.58. The largest absolute Gasteiger partial charge is 0.497 e. The molecule has 0 bridgehead atoms. The molecule has 2 aliphatic heterocycles. The molecule has 36 heavy (non-hydrogen) atoms. The third kappa shape index (κ3) is 5.41. The summed E-state index contributed by atoms with van der Waals surface area (Å²) in [7, 11) is 1.70. The Morgan fingerprint density at radius 2 is 1.81 bits per heavy atom. The van der Waals surface area contributed by atoms with Crippen LogP contribution in [0.4, 0.5) is 0 Å². The van der Waals surface area contributed by atoms with Crippen molar-refractivity contribution in [2.45, 2.75) is 57.2 Å². The number of nitrogens with zero attached hydrogens (tertiary/aromatic N) is 1. The fourth-order valence-corrected chi connectivity index (χ4v) is 5.53. The summed E-state index contributed by atoms with van der Waals surface area (Å²) in [4.78, 5) is 15.6. The molecular weight excluding hydrogens is 448 g/mol. The van der Waals surface area contributed by atoms with Gasteiger partial charge in [0.15, 0.2) is 0 Å². The van der Waals surface area contributed by atoms with E-state index in [9.17, 15) is 4.79 Å². The summed E-state index contributed by atoms with van der Waals surface area (Å²) in [5.41, 5.74) is 4.37. The van der Waals surface area contributed by atoms with Gasteiger partial charge in [-0.05, 0) is 92.2 Å². The second-order valence-electron chi connectivity index (χ2n) is 9.92. The standard InChI is InChI=1S/C31H36N2O3/c1-22(29-10-6-7-18-32-29)36-26-13-11-23(12-14-26)20-30-28-16-15-27(35-2)21-25(28)17-19-33(30)31(34)24-8-4-3-5-9-24/h3-5,8-9,11-16,21-22,29-30,32H,6-7,10,17-20H2,1-2H3. The Balaban J connectivity index is 1.36. The lowest BCUT2D eigenvalue weighted by Crippen LogP contribution is -2.44. The molecule has 0 aliphatic carbocycles. The number of hydrogen-bond acceptors (Lipinski definition) is 4. The van der Waals surface area contributed by atoms with Gasteiger partial charge in [0, 0.05) is 18.2 Å². The number of carbonyl (C=O) groups is 1. The van der Waals surface area contributed by atoms with Crippen molar-refractivity contribution in [3.63, 3.8) is 0 Å². The van der Waals surface area contributed by atoms with E-state index in [2.05, 4.69) is 48.6 Å². The number of ether oxygens (including phenoxy) is 2. The first-order valence-electron chi connectivity index (χ1n) is 13.1. The van der Waals surface area contributed by atoms with Gasteiger partial charge >= 0.3 is 0 Å². The van der Waals surface area contributed by atoms with Gasteiger partial charge in [-0.2, -0.15) is 0 Å². The number of hydrogen-bond donors (Lipinski definition) is 1. The quantitative estimate of drug-likeness (QED) is 0.475. The molecule has 0 radical (unpaired) electrons. The molecule has 2 aliphatic rings. The van der Waals surface area contributed by atoms with Crippen LogP contribution in [0.5, 0.6) is 11.5 Å². The molecular formula is C31H36N2O3. The summed E-state index contributed by atoms with van der Waals surface area (Å²) in [6.45, 7) is 3.91. The number of methoxy groups -OCH3 is 1. The first kappa shape index (κ1) is 24.4. The van der Waals surface area contributed by atoms with Crippen LogP contribution in [0, 0.1) is 0 Å². The van der Waals surface area contributed by atoms with Gasteiger partial charge in [0.1, 0.15) is 17.6 Å². The Morgan fingerprint density at radius 3 is 2.53 bits per heavy atom. The zero-order chi connectivity index (χ0) is 24.9. The molecule has 2 heterocycles. The highest BCUT2D eigenvalue weighted by atomic mass is 16.5. The fraction of sp³-hybridized carbons (Fsp3) is 0.387. The molecule has 3 unspecified atom stereocenters. The Kier molecular flexibility index (Phi) is 7.57. The van der Waals surface area contributed by atoms with Gasteiger partial charge in [-0.3, -0.25) is 4.79 Å². The van der Waals surface area contributed by atoms with E-state index in [4.69, 9.17) is 9.47 Å². The molecule has 3 aromatic rings. The van der Waals surface area contributed by atoms with Crippen molar-refractivity contribution >= 4 is 5.91 Å². The van der Waals surface area contributed by atoms with E-state index < -0.39 is 0 Å². The van der Waals surface area contributed by atoms with Gasteiger partial charge in [-0.1, -0.05) is 42.8 Å². The molecule has 3 aromatic carbocycles. The predicted molar refractivity (Wildman–Crippen MR) is 143 cm³/mol. The van der Waals surface area contributed by atoms with Crippen molar-refractivity contribution in [1.29, 1.82) is 0 Å². The second kappa shape index (κ2) is 11.2. The van der Waals surface area contributed by atoms with E-state index in [-0.39, 0.29) is 18.1 Å². The predicted octanol–water partition coefficient (Wildman–Crippen LogP) is 5.59. The highest BCUT2D eigenvalue weighted by molar-refractivity contribution is 5.94. The van der Waals surface area contributed by atoms with E-state index in [0.717, 1.165) is 42.9 Å². The zero-order valence-electron chi connectivity index (χ0n) is 21.3. The number of benzene rings is 3. The van der Waals surface area contributed by atoms with Crippen LogP contribution in [0.15, 0.2) is 72.8 Å². The average Bonchev–Trinajstić information content (AvgIpc) is 2.94. The highest BCUT2D eigenvalue weighted by Crippen LogP contribution is 2.36. The lowest BCUT2D eigenvalue weighted by molar-refractivity contribution is 0.0660. The van der Waals surface area contributed by atoms with Crippen LogP contribution < -0.4 is 14.8 Å². The van der Waals surface area contributed by atoms with E-state index in [1.807, 2.05) is 41.3 Å². The molecule has 5 rings (SSSR count). The van der Waals surface area contributed by atoms with Crippen molar-refractivity contribution < 1.29 is 14.3 Å². The Bertz CT molecular complexity index is 1160. The average molecular weight is 485 g/mol. The van der Waals surface area contributed by atoms with Crippen LogP contribution in [0.25, 0.3) is 0 Å². The minimum absolute atomic E-state index is 0.0375. The maximum atomic E-state index is 13.5. The highest BCUT2D eigenvalue weighted by Gasteiger charge is 2.32. The van der Waals surface area contributed by atoms with Gasteiger partial charge < -0.3 is 19.7 Å². The molecule has 188 valence electrons. The van der Waals surface area contributed by atoms with Crippen molar-refractivity contribution in [1.82, 2.24) is 10.2 Å². The molecule has 5 heteroatoms. The summed E-state index contributed by atoms with van der Waals surface area (Å²) in [6.07, 6.45) is 5.38. The minimum atomic E-state index is -0.0375. The number of nitrogens with one attached hydrogen (secondary N) is 1. The van der Waals surface area contributed by atoms with Gasteiger partial charge in [-0.15, -0.1) is 0 Å². The molecule has 1 amide bonds. The SMILES string of the molecule is COc1ccc2c(c1)CCN(C(=O)c1ccccc1)C2Cc1ccc(OC(C)C2CCCCN2)cc1. The van der Waals surface area contributed by atoms with Crippen LogP contribution in [0.3, 0.4) is 0 Å². The first-order valence-corrected chi connectivity index (χ1v) is 13.1. The van der Waals surface area contributed by atoms with Gasteiger partial charge in [0.2, 0.25) is 0 Å². The lowest BCUT2D eigenvalue weighted by Gasteiger charge is -2.38. The smallest absolute Gasteiger partial charge is 0.254 e. The number of rotatable bonds is 7.